The number of nitrogens with one attached hydrogen (secondary N) is 1. The van der Waals surface area contributed by atoms with Gasteiger partial charge in [0.25, 0.3) is 0 Å². The zero-order valence-corrected chi connectivity index (χ0v) is 11.3. The minimum atomic E-state index is 0.640. The minimum absolute atomic E-state index is 0.640. The lowest BCUT2D eigenvalue weighted by atomic mass is 10.1. The predicted molar refractivity (Wildman–Crippen MR) is 69.4 cm³/mol. The van der Waals surface area contributed by atoms with Gasteiger partial charge in [-0.3, -0.25) is 0 Å². The molecule has 0 aromatic carbocycles. The van der Waals surface area contributed by atoms with Crippen molar-refractivity contribution in [3.63, 3.8) is 0 Å². The van der Waals surface area contributed by atoms with Gasteiger partial charge in [0, 0.05) is 12.1 Å². The van der Waals surface area contributed by atoms with Crippen LogP contribution in [-0.4, -0.2) is 36.6 Å². The Labute approximate surface area is 96.4 Å². The van der Waals surface area contributed by atoms with Gasteiger partial charge in [-0.2, -0.15) is 0 Å². The molecule has 0 fully saturated rings. The third-order valence-corrected chi connectivity index (χ3v) is 3.08. The van der Waals surface area contributed by atoms with E-state index in [1.54, 1.807) is 0 Å². The molecule has 0 bridgehead atoms. The van der Waals surface area contributed by atoms with Crippen LogP contribution in [0.1, 0.15) is 53.9 Å². The summed E-state index contributed by atoms with van der Waals surface area (Å²) < 4.78 is 0. The smallest absolute Gasteiger partial charge is 0.00815 e. The van der Waals surface area contributed by atoms with Crippen LogP contribution in [0.25, 0.3) is 0 Å². The molecule has 2 heteroatoms. The lowest BCUT2D eigenvalue weighted by molar-refractivity contribution is 0.195. The van der Waals surface area contributed by atoms with Crippen LogP contribution in [0.2, 0.25) is 0 Å². The first-order valence-electron chi connectivity index (χ1n) is 6.63. The summed E-state index contributed by atoms with van der Waals surface area (Å²) in [6.45, 7) is 14.9. The van der Waals surface area contributed by atoms with Gasteiger partial charge in [-0.15, -0.1) is 0 Å². The molecule has 15 heavy (non-hydrogen) atoms. The average molecular weight is 214 g/mol. The highest BCUT2D eigenvalue weighted by molar-refractivity contribution is 4.72. The second-order valence-electron chi connectivity index (χ2n) is 4.53. The van der Waals surface area contributed by atoms with Crippen LogP contribution in [0.4, 0.5) is 0 Å². The van der Waals surface area contributed by atoms with E-state index in [0.29, 0.717) is 12.1 Å². The molecule has 0 aliphatic carbocycles. The Morgan fingerprint density at radius 1 is 1.13 bits per heavy atom. The number of rotatable bonds is 9. The highest BCUT2D eigenvalue weighted by Crippen LogP contribution is 2.08. The summed E-state index contributed by atoms with van der Waals surface area (Å²) in [4.78, 5) is 2.59. The van der Waals surface area contributed by atoms with Gasteiger partial charge in [-0.1, -0.05) is 27.2 Å². The van der Waals surface area contributed by atoms with Gasteiger partial charge in [0.1, 0.15) is 0 Å². The Bertz CT molecular complexity index is 136. The molecule has 0 radical (unpaired) electrons. The van der Waals surface area contributed by atoms with E-state index in [-0.39, 0.29) is 0 Å². The Balaban J connectivity index is 3.85. The normalized spacial score (nSPS) is 15.6. The summed E-state index contributed by atoms with van der Waals surface area (Å²) in [5.74, 6) is 0. The number of hydrogen-bond acceptors (Lipinski definition) is 2. The number of unbranched alkanes of at least 4 members (excludes halogenated alkanes) is 1. The molecule has 0 aromatic heterocycles. The topological polar surface area (TPSA) is 15.3 Å². The van der Waals surface area contributed by atoms with Gasteiger partial charge < -0.3 is 10.2 Å². The maximum Gasteiger partial charge on any atom is 0.00815 e. The lowest BCUT2D eigenvalue weighted by Gasteiger charge is -2.30. The van der Waals surface area contributed by atoms with Crippen LogP contribution in [0.3, 0.4) is 0 Å². The van der Waals surface area contributed by atoms with Crippen LogP contribution in [0.5, 0.6) is 0 Å². The number of hydrogen-bond donors (Lipinski definition) is 1. The fraction of sp³-hybridized carbons (Fsp3) is 1.00. The van der Waals surface area contributed by atoms with Crippen molar-refractivity contribution in [2.45, 2.75) is 66.0 Å². The molecule has 0 saturated carbocycles. The van der Waals surface area contributed by atoms with Crippen molar-refractivity contribution in [1.29, 1.82) is 0 Å². The highest BCUT2D eigenvalue weighted by atomic mass is 15.1. The van der Waals surface area contributed by atoms with E-state index >= 15 is 0 Å². The summed E-state index contributed by atoms with van der Waals surface area (Å²) in [6, 6.07) is 1.34. The zero-order chi connectivity index (χ0) is 11.7. The van der Waals surface area contributed by atoms with Crippen molar-refractivity contribution in [3.8, 4) is 0 Å². The molecule has 2 nitrogen and oxygen atoms in total. The van der Waals surface area contributed by atoms with E-state index in [4.69, 9.17) is 0 Å². The first kappa shape index (κ1) is 14.9. The van der Waals surface area contributed by atoms with E-state index in [1.165, 1.54) is 32.4 Å². The van der Waals surface area contributed by atoms with Gasteiger partial charge >= 0.3 is 0 Å². The Morgan fingerprint density at radius 3 is 2.27 bits per heavy atom. The monoisotopic (exact) mass is 214 g/mol. The van der Waals surface area contributed by atoms with Gasteiger partial charge in [0.05, 0.1) is 0 Å². The zero-order valence-electron chi connectivity index (χ0n) is 11.3. The lowest BCUT2D eigenvalue weighted by Crippen LogP contribution is -2.39. The van der Waals surface area contributed by atoms with E-state index in [2.05, 4.69) is 44.8 Å². The third kappa shape index (κ3) is 6.91. The second kappa shape index (κ2) is 9.17. The van der Waals surface area contributed by atoms with Crippen molar-refractivity contribution >= 4 is 0 Å². The van der Waals surface area contributed by atoms with E-state index < -0.39 is 0 Å². The van der Waals surface area contributed by atoms with Gasteiger partial charge in [0.15, 0.2) is 0 Å². The summed E-state index contributed by atoms with van der Waals surface area (Å²) in [5.41, 5.74) is 0. The van der Waals surface area contributed by atoms with E-state index in [0.717, 1.165) is 6.54 Å². The van der Waals surface area contributed by atoms with Crippen LogP contribution in [0.15, 0.2) is 0 Å². The summed E-state index contributed by atoms with van der Waals surface area (Å²) in [7, 11) is 0. The summed E-state index contributed by atoms with van der Waals surface area (Å²) in [5, 5.41) is 3.48. The number of nitrogens with zero attached hydrogens (tertiary/aromatic N) is 1. The van der Waals surface area contributed by atoms with Crippen molar-refractivity contribution in [2.75, 3.05) is 19.6 Å². The van der Waals surface area contributed by atoms with Gasteiger partial charge in [-0.25, -0.2) is 0 Å². The quantitative estimate of drug-likeness (QED) is 0.635. The molecule has 2 atom stereocenters. The fourth-order valence-corrected chi connectivity index (χ4v) is 2.14. The van der Waals surface area contributed by atoms with Crippen LogP contribution in [-0.2, 0) is 0 Å². The molecule has 0 spiro atoms. The maximum atomic E-state index is 3.48. The maximum absolute atomic E-state index is 3.48. The Morgan fingerprint density at radius 2 is 1.80 bits per heavy atom. The first-order chi connectivity index (χ1) is 7.15. The van der Waals surface area contributed by atoms with Crippen molar-refractivity contribution in [2.24, 2.45) is 0 Å². The van der Waals surface area contributed by atoms with Crippen molar-refractivity contribution in [1.82, 2.24) is 10.2 Å². The summed E-state index contributed by atoms with van der Waals surface area (Å²) in [6.07, 6.45) is 3.88. The SMILES string of the molecule is CCCCN(CC)C(C)CC(C)NCC. The van der Waals surface area contributed by atoms with Crippen LogP contribution < -0.4 is 5.32 Å². The van der Waals surface area contributed by atoms with E-state index in [9.17, 15) is 0 Å². The molecule has 1 N–H and O–H groups in total. The molecule has 2 unspecified atom stereocenters. The second-order valence-corrected chi connectivity index (χ2v) is 4.53. The molecular weight excluding hydrogens is 184 g/mol. The van der Waals surface area contributed by atoms with Gasteiger partial charge in [-0.05, 0) is 46.3 Å². The predicted octanol–water partition coefficient (Wildman–Crippen LogP) is 2.89. The molecule has 0 aliphatic rings. The molecule has 92 valence electrons. The molecule has 0 amide bonds. The summed E-state index contributed by atoms with van der Waals surface area (Å²) >= 11 is 0. The largest absolute Gasteiger partial charge is 0.314 e. The Kier molecular flexibility index (Phi) is 9.12. The molecule has 0 heterocycles. The molecule has 0 aliphatic heterocycles. The van der Waals surface area contributed by atoms with Crippen LogP contribution >= 0.6 is 0 Å². The minimum Gasteiger partial charge on any atom is -0.314 e. The van der Waals surface area contributed by atoms with Gasteiger partial charge in [0.2, 0.25) is 0 Å². The first-order valence-corrected chi connectivity index (χ1v) is 6.63. The van der Waals surface area contributed by atoms with E-state index in [1.807, 2.05) is 0 Å². The molecule has 0 saturated heterocycles. The molecule has 0 aromatic rings. The third-order valence-electron chi connectivity index (χ3n) is 3.08. The van der Waals surface area contributed by atoms with Crippen LogP contribution in [0, 0.1) is 0 Å². The average Bonchev–Trinajstić information content (AvgIpc) is 2.19. The Hall–Kier alpha value is -0.0800. The molecular formula is C13H30N2. The molecule has 0 rings (SSSR count). The van der Waals surface area contributed by atoms with Crippen molar-refractivity contribution in [3.05, 3.63) is 0 Å². The standard InChI is InChI=1S/C13H30N2/c1-6-9-10-15(8-3)13(5)11-12(4)14-7-2/h12-14H,6-11H2,1-5H3. The van der Waals surface area contributed by atoms with Crippen molar-refractivity contribution < 1.29 is 0 Å². The fourth-order valence-electron chi connectivity index (χ4n) is 2.14. The highest BCUT2D eigenvalue weighted by Gasteiger charge is 2.13.